The molecule has 0 aliphatic heterocycles. The largest absolute Gasteiger partial charge is 0.354 e. The Bertz CT molecular complexity index is 652. The normalized spacial score (nSPS) is 12.3. The standard InChI is InChI=1S/C19H28N4O.ClH/c1-5-19(6-2,16-10-8-7-9-11-16)14-21-18(24)17(20-3)15-12-22-23(4)13-15;/h7-13,17,20H,5-6,14H2,1-4H3,(H,21,24);1H. The summed E-state index contributed by atoms with van der Waals surface area (Å²) in [4.78, 5) is 12.7. The van der Waals surface area contributed by atoms with Crippen molar-refractivity contribution in [1.29, 1.82) is 0 Å². The van der Waals surface area contributed by atoms with Crippen LogP contribution < -0.4 is 10.6 Å². The SMILES string of the molecule is CCC(CC)(CNC(=O)C(NC)c1cnn(C)c1)c1ccccc1.Cl. The van der Waals surface area contributed by atoms with Gasteiger partial charge >= 0.3 is 0 Å². The average molecular weight is 365 g/mol. The van der Waals surface area contributed by atoms with Crippen LogP contribution in [0, 0.1) is 0 Å². The van der Waals surface area contributed by atoms with Crippen molar-refractivity contribution in [3.63, 3.8) is 0 Å². The maximum absolute atomic E-state index is 12.7. The molecule has 2 aromatic rings. The molecule has 0 radical (unpaired) electrons. The van der Waals surface area contributed by atoms with E-state index in [0.29, 0.717) is 6.54 Å². The summed E-state index contributed by atoms with van der Waals surface area (Å²) in [7, 11) is 3.64. The number of aryl methyl sites for hydroxylation is 1. The number of carbonyl (C=O) groups excluding carboxylic acids is 1. The average Bonchev–Trinajstić information content (AvgIpc) is 3.04. The van der Waals surface area contributed by atoms with E-state index in [4.69, 9.17) is 0 Å². The van der Waals surface area contributed by atoms with Gasteiger partial charge in [0.05, 0.1) is 6.20 Å². The molecule has 6 heteroatoms. The lowest BCUT2D eigenvalue weighted by Crippen LogP contribution is -2.44. The molecule has 1 atom stereocenters. The summed E-state index contributed by atoms with van der Waals surface area (Å²) >= 11 is 0. The molecule has 1 aromatic heterocycles. The third kappa shape index (κ3) is 4.83. The highest BCUT2D eigenvalue weighted by Gasteiger charge is 2.30. The zero-order valence-electron chi connectivity index (χ0n) is 15.5. The molecule has 0 spiro atoms. The second-order valence-corrected chi connectivity index (χ2v) is 6.24. The lowest BCUT2D eigenvalue weighted by atomic mass is 9.75. The first-order valence-electron chi connectivity index (χ1n) is 8.55. The van der Waals surface area contributed by atoms with Crippen molar-refractivity contribution in [2.45, 2.75) is 38.1 Å². The molecule has 1 amide bonds. The molecule has 5 nitrogen and oxygen atoms in total. The molecule has 0 aliphatic carbocycles. The van der Waals surface area contributed by atoms with E-state index in [1.165, 1.54) is 5.56 Å². The van der Waals surface area contributed by atoms with E-state index >= 15 is 0 Å². The molecule has 0 saturated carbocycles. The number of hydrogen-bond donors (Lipinski definition) is 2. The highest BCUT2D eigenvalue weighted by molar-refractivity contribution is 5.85. The highest BCUT2D eigenvalue weighted by Crippen LogP contribution is 2.31. The molecule has 0 bridgehead atoms. The summed E-state index contributed by atoms with van der Waals surface area (Å²) in [5.74, 6) is -0.0206. The first-order chi connectivity index (χ1) is 11.6. The first kappa shape index (κ1) is 21.2. The van der Waals surface area contributed by atoms with Gasteiger partial charge in [0.1, 0.15) is 6.04 Å². The lowest BCUT2D eigenvalue weighted by Gasteiger charge is -2.33. The Morgan fingerprint density at radius 2 is 1.88 bits per heavy atom. The van der Waals surface area contributed by atoms with Gasteiger partial charge in [-0.1, -0.05) is 44.2 Å². The molecular weight excluding hydrogens is 336 g/mol. The van der Waals surface area contributed by atoms with Gasteiger partial charge in [0, 0.05) is 30.8 Å². The molecule has 1 aromatic carbocycles. The number of nitrogens with zero attached hydrogens (tertiary/aromatic N) is 2. The van der Waals surface area contributed by atoms with Gasteiger partial charge < -0.3 is 10.6 Å². The Morgan fingerprint density at radius 1 is 1.24 bits per heavy atom. The number of rotatable bonds is 8. The fourth-order valence-electron chi connectivity index (χ4n) is 3.20. The van der Waals surface area contributed by atoms with Crippen LogP contribution in [0.1, 0.15) is 43.9 Å². The van der Waals surface area contributed by atoms with E-state index in [2.05, 4.69) is 53.8 Å². The maximum atomic E-state index is 12.7. The van der Waals surface area contributed by atoms with E-state index in [9.17, 15) is 4.79 Å². The third-order valence-corrected chi connectivity index (χ3v) is 4.95. The van der Waals surface area contributed by atoms with Crippen molar-refractivity contribution in [1.82, 2.24) is 20.4 Å². The van der Waals surface area contributed by atoms with Crippen LogP contribution in [0.25, 0.3) is 0 Å². The topological polar surface area (TPSA) is 59.0 Å². The molecular formula is C19H29ClN4O. The number of nitrogens with one attached hydrogen (secondary N) is 2. The summed E-state index contributed by atoms with van der Waals surface area (Å²) in [6.45, 7) is 4.99. The zero-order chi connectivity index (χ0) is 17.6. The second-order valence-electron chi connectivity index (χ2n) is 6.24. The van der Waals surface area contributed by atoms with Crippen molar-refractivity contribution in [3.05, 3.63) is 53.9 Å². The Kier molecular flexibility index (Phi) is 8.13. The predicted octanol–water partition coefficient (Wildman–Crippen LogP) is 2.98. The van der Waals surface area contributed by atoms with Gasteiger partial charge in [-0.2, -0.15) is 5.10 Å². The van der Waals surface area contributed by atoms with Crippen LogP contribution in [0.5, 0.6) is 0 Å². The van der Waals surface area contributed by atoms with E-state index in [0.717, 1.165) is 18.4 Å². The van der Waals surface area contributed by atoms with E-state index < -0.39 is 0 Å². The quantitative estimate of drug-likeness (QED) is 0.757. The van der Waals surface area contributed by atoms with Crippen LogP contribution in [-0.2, 0) is 17.3 Å². The molecule has 0 fully saturated rings. The van der Waals surface area contributed by atoms with Gasteiger partial charge in [0.25, 0.3) is 0 Å². The minimum atomic E-state index is -0.388. The number of aromatic nitrogens is 2. The number of halogens is 1. The van der Waals surface area contributed by atoms with Crippen molar-refractivity contribution < 1.29 is 4.79 Å². The van der Waals surface area contributed by atoms with Crippen LogP contribution in [-0.4, -0.2) is 29.3 Å². The van der Waals surface area contributed by atoms with E-state index in [1.54, 1.807) is 17.9 Å². The van der Waals surface area contributed by atoms with Gasteiger partial charge in [-0.25, -0.2) is 0 Å². The first-order valence-corrected chi connectivity index (χ1v) is 8.55. The molecule has 25 heavy (non-hydrogen) atoms. The van der Waals surface area contributed by atoms with E-state index in [-0.39, 0.29) is 29.8 Å². The number of likely N-dealkylation sites (N-methyl/N-ethyl adjacent to an activating group) is 1. The molecule has 1 unspecified atom stereocenters. The van der Waals surface area contributed by atoms with Crippen LogP contribution in [0.15, 0.2) is 42.7 Å². The molecule has 1 heterocycles. The van der Waals surface area contributed by atoms with Gasteiger partial charge in [-0.15, -0.1) is 12.4 Å². The summed E-state index contributed by atoms with van der Waals surface area (Å²) in [5.41, 5.74) is 2.11. The summed E-state index contributed by atoms with van der Waals surface area (Å²) < 4.78 is 1.71. The minimum Gasteiger partial charge on any atom is -0.354 e. The molecule has 2 rings (SSSR count). The third-order valence-electron chi connectivity index (χ3n) is 4.95. The van der Waals surface area contributed by atoms with E-state index in [1.807, 2.05) is 19.3 Å². The van der Waals surface area contributed by atoms with Crippen molar-refractivity contribution in [2.75, 3.05) is 13.6 Å². The molecule has 2 N–H and O–H groups in total. The predicted molar refractivity (Wildman–Crippen MR) is 104 cm³/mol. The minimum absolute atomic E-state index is 0. The number of hydrogen-bond acceptors (Lipinski definition) is 3. The smallest absolute Gasteiger partial charge is 0.241 e. The van der Waals surface area contributed by atoms with Crippen molar-refractivity contribution in [3.8, 4) is 0 Å². The Balaban J connectivity index is 0.00000312. The fourth-order valence-corrected chi connectivity index (χ4v) is 3.20. The van der Waals surface area contributed by atoms with Crippen LogP contribution in [0.4, 0.5) is 0 Å². The molecule has 0 aliphatic rings. The lowest BCUT2D eigenvalue weighted by molar-refractivity contribution is -0.123. The maximum Gasteiger partial charge on any atom is 0.241 e. The van der Waals surface area contributed by atoms with Gasteiger partial charge in [-0.05, 0) is 25.5 Å². The Hall–Kier alpha value is -1.85. The summed E-state index contributed by atoms with van der Waals surface area (Å²) in [6, 6.07) is 10.1. The highest BCUT2D eigenvalue weighted by atomic mass is 35.5. The monoisotopic (exact) mass is 364 g/mol. The zero-order valence-corrected chi connectivity index (χ0v) is 16.3. The number of benzene rings is 1. The van der Waals surface area contributed by atoms with Gasteiger partial charge in [-0.3, -0.25) is 9.48 Å². The van der Waals surface area contributed by atoms with Gasteiger partial charge in [0.2, 0.25) is 5.91 Å². The van der Waals surface area contributed by atoms with Crippen molar-refractivity contribution >= 4 is 18.3 Å². The van der Waals surface area contributed by atoms with Crippen molar-refractivity contribution in [2.24, 2.45) is 7.05 Å². The van der Waals surface area contributed by atoms with Gasteiger partial charge in [0.15, 0.2) is 0 Å². The Morgan fingerprint density at radius 3 is 2.36 bits per heavy atom. The molecule has 138 valence electrons. The summed E-state index contributed by atoms with van der Waals surface area (Å²) in [5, 5.41) is 10.4. The van der Waals surface area contributed by atoms with Crippen LogP contribution >= 0.6 is 12.4 Å². The number of amides is 1. The summed E-state index contributed by atoms with van der Waals surface area (Å²) in [6.07, 6.45) is 5.55. The second kappa shape index (κ2) is 9.59. The molecule has 0 saturated heterocycles. The number of carbonyl (C=O) groups is 1. The fraction of sp³-hybridized carbons (Fsp3) is 0.474. The Labute approximate surface area is 156 Å². The van der Waals surface area contributed by atoms with Crippen LogP contribution in [0.2, 0.25) is 0 Å². The van der Waals surface area contributed by atoms with Crippen LogP contribution in [0.3, 0.4) is 0 Å².